The lowest BCUT2D eigenvalue weighted by Crippen LogP contribution is -2.21. The maximum Gasteiger partial charge on any atom is 0.337 e. The Morgan fingerprint density at radius 1 is 1.48 bits per heavy atom. The summed E-state index contributed by atoms with van der Waals surface area (Å²) in [5.74, 6) is 1.03. The van der Waals surface area contributed by atoms with E-state index < -0.39 is 10.9 Å². The number of nitro groups is 1. The predicted octanol–water partition coefficient (Wildman–Crippen LogP) is 2.54. The second-order valence-electron chi connectivity index (χ2n) is 5.97. The van der Waals surface area contributed by atoms with Crippen molar-refractivity contribution in [2.45, 2.75) is 25.7 Å². The Morgan fingerprint density at radius 3 is 2.86 bits per heavy atom. The summed E-state index contributed by atoms with van der Waals surface area (Å²) in [4.78, 5) is 25.2. The van der Waals surface area contributed by atoms with E-state index in [-0.39, 0.29) is 17.1 Å². The molecule has 2 aliphatic carbocycles. The molecule has 3 rings (SSSR count). The van der Waals surface area contributed by atoms with Crippen LogP contribution in [-0.4, -0.2) is 27.5 Å². The van der Waals surface area contributed by atoms with Crippen molar-refractivity contribution >= 4 is 17.5 Å². The third-order valence-corrected chi connectivity index (χ3v) is 4.73. The number of carbonyl (C=O) groups is 1. The van der Waals surface area contributed by atoms with Crippen LogP contribution in [-0.2, 0) is 0 Å². The minimum atomic E-state index is -1.22. The molecule has 2 N–H and O–H groups in total. The molecule has 7 heteroatoms. The first-order valence-electron chi connectivity index (χ1n) is 7.16. The number of nitrogens with zero attached hydrogens (tertiary/aromatic N) is 2. The summed E-state index contributed by atoms with van der Waals surface area (Å²) in [6.45, 7) is 0.668. The Hall–Kier alpha value is -2.18. The quantitative estimate of drug-likeness (QED) is 0.638. The van der Waals surface area contributed by atoms with Crippen LogP contribution in [0.25, 0.3) is 0 Å². The van der Waals surface area contributed by atoms with Gasteiger partial charge in [0.2, 0.25) is 5.82 Å². The molecule has 0 aliphatic heterocycles. The molecule has 112 valence electrons. The fraction of sp³-hybridized carbons (Fsp3) is 0.571. The molecular weight excluding hydrogens is 274 g/mol. The van der Waals surface area contributed by atoms with E-state index in [4.69, 9.17) is 5.11 Å². The van der Waals surface area contributed by atoms with Gasteiger partial charge in [-0.3, -0.25) is 10.1 Å². The Kier molecular flexibility index (Phi) is 3.48. The molecule has 1 heterocycles. The van der Waals surface area contributed by atoms with Gasteiger partial charge in [0.1, 0.15) is 0 Å². The molecule has 2 aliphatic rings. The molecule has 0 amide bonds. The minimum Gasteiger partial charge on any atom is -0.478 e. The molecule has 2 fully saturated rings. The van der Waals surface area contributed by atoms with Crippen LogP contribution in [0.2, 0.25) is 0 Å². The van der Waals surface area contributed by atoms with E-state index in [1.54, 1.807) is 0 Å². The molecule has 0 aromatic carbocycles. The summed E-state index contributed by atoms with van der Waals surface area (Å²) in [6, 6.07) is 1.05. The molecule has 1 aromatic rings. The number of anilines is 1. The van der Waals surface area contributed by atoms with E-state index >= 15 is 0 Å². The van der Waals surface area contributed by atoms with Gasteiger partial charge in [0.15, 0.2) is 0 Å². The van der Waals surface area contributed by atoms with Gasteiger partial charge in [0, 0.05) is 18.8 Å². The SMILES string of the molecule is O=C(O)c1cnc(NCC2CC3CCC2C3)c([N+](=O)[O-])c1. The predicted molar refractivity (Wildman–Crippen MR) is 75.3 cm³/mol. The molecule has 2 bridgehead atoms. The Balaban J connectivity index is 1.72. The molecule has 0 radical (unpaired) electrons. The first kappa shape index (κ1) is 13.8. The fourth-order valence-corrected chi connectivity index (χ4v) is 3.70. The summed E-state index contributed by atoms with van der Waals surface area (Å²) in [5.41, 5.74) is -0.453. The lowest BCUT2D eigenvalue weighted by atomic mass is 9.89. The van der Waals surface area contributed by atoms with Gasteiger partial charge < -0.3 is 10.4 Å². The van der Waals surface area contributed by atoms with Gasteiger partial charge in [0.05, 0.1) is 10.5 Å². The summed E-state index contributed by atoms with van der Waals surface area (Å²) in [7, 11) is 0. The highest BCUT2D eigenvalue weighted by molar-refractivity contribution is 5.88. The number of rotatable bonds is 5. The van der Waals surface area contributed by atoms with Gasteiger partial charge >= 0.3 is 11.7 Å². The molecule has 3 atom stereocenters. The van der Waals surface area contributed by atoms with Crippen molar-refractivity contribution in [3.8, 4) is 0 Å². The van der Waals surface area contributed by atoms with Crippen molar-refractivity contribution in [2.75, 3.05) is 11.9 Å². The van der Waals surface area contributed by atoms with Crippen molar-refractivity contribution in [1.29, 1.82) is 0 Å². The maximum absolute atomic E-state index is 11.1. The largest absolute Gasteiger partial charge is 0.478 e. The van der Waals surface area contributed by atoms with Gasteiger partial charge in [-0.25, -0.2) is 9.78 Å². The average Bonchev–Trinajstić information content (AvgIpc) is 3.07. The number of aromatic nitrogens is 1. The van der Waals surface area contributed by atoms with Gasteiger partial charge in [-0.1, -0.05) is 6.42 Å². The Morgan fingerprint density at radius 2 is 2.29 bits per heavy atom. The summed E-state index contributed by atoms with van der Waals surface area (Å²) < 4.78 is 0. The van der Waals surface area contributed by atoms with Gasteiger partial charge in [0.25, 0.3) is 0 Å². The standard InChI is InChI=1S/C14H17N3O4/c18-14(19)11-5-12(17(20)21)13(16-7-11)15-6-10-4-8-1-2-9(10)3-8/h5,7-10H,1-4,6H2,(H,15,16)(H,18,19). The van der Waals surface area contributed by atoms with Crippen LogP contribution < -0.4 is 5.32 Å². The van der Waals surface area contributed by atoms with Crippen molar-refractivity contribution in [2.24, 2.45) is 17.8 Å². The number of aromatic carboxylic acids is 1. The number of carboxylic acid groups (broad SMARTS) is 1. The van der Waals surface area contributed by atoms with Crippen molar-refractivity contribution in [1.82, 2.24) is 4.98 Å². The van der Waals surface area contributed by atoms with E-state index in [1.165, 1.54) is 25.7 Å². The third kappa shape index (κ3) is 2.68. The van der Waals surface area contributed by atoms with E-state index in [2.05, 4.69) is 10.3 Å². The normalized spacial score (nSPS) is 26.8. The number of fused-ring (bicyclic) bond motifs is 2. The lowest BCUT2D eigenvalue weighted by Gasteiger charge is -2.21. The average molecular weight is 291 g/mol. The zero-order valence-electron chi connectivity index (χ0n) is 11.5. The highest BCUT2D eigenvalue weighted by Gasteiger charge is 2.39. The molecule has 21 heavy (non-hydrogen) atoms. The third-order valence-electron chi connectivity index (χ3n) is 4.73. The molecule has 0 spiro atoms. The smallest absolute Gasteiger partial charge is 0.337 e. The van der Waals surface area contributed by atoms with Crippen LogP contribution in [0.1, 0.15) is 36.0 Å². The topological polar surface area (TPSA) is 105 Å². The Bertz CT molecular complexity index is 590. The van der Waals surface area contributed by atoms with Gasteiger partial charge in [-0.05, 0) is 37.0 Å². The van der Waals surface area contributed by atoms with E-state index in [0.717, 1.165) is 24.1 Å². The van der Waals surface area contributed by atoms with Crippen molar-refractivity contribution < 1.29 is 14.8 Å². The molecular formula is C14H17N3O4. The zero-order valence-corrected chi connectivity index (χ0v) is 11.5. The second kappa shape index (κ2) is 5.31. The number of nitrogens with one attached hydrogen (secondary N) is 1. The van der Waals surface area contributed by atoms with Crippen LogP contribution >= 0.6 is 0 Å². The lowest BCUT2D eigenvalue weighted by molar-refractivity contribution is -0.384. The van der Waals surface area contributed by atoms with Crippen LogP contribution in [0.3, 0.4) is 0 Å². The molecule has 1 aromatic heterocycles. The number of carboxylic acids is 1. The number of hydrogen-bond donors (Lipinski definition) is 2. The van der Waals surface area contributed by atoms with Gasteiger partial charge in [-0.15, -0.1) is 0 Å². The molecule has 7 nitrogen and oxygen atoms in total. The van der Waals surface area contributed by atoms with Crippen LogP contribution in [0.15, 0.2) is 12.3 Å². The van der Waals surface area contributed by atoms with Crippen LogP contribution in [0.5, 0.6) is 0 Å². The molecule has 2 saturated carbocycles. The van der Waals surface area contributed by atoms with E-state index in [1.807, 2.05) is 0 Å². The maximum atomic E-state index is 11.1. The minimum absolute atomic E-state index is 0.160. The highest BCUT2D eigenvalue weighted by Crippen LogP contribution is 2.48. The fourth-order valence-electron chi connectivity index (χ4n) is 3.70. The van der Waals surface area contributed by atoms with Crippen molar-refractivity contribution in [3.05, 3.63) is 27.9 Å². The highest BCUT2D eigenvalue weighted by atomic mass is 16.6. The summed E-state index contributed by atoms with van der Waals surface area (Å²) >= 11 is 0. The summed E-state index contributed by atoms with van der Waals surface area (Å²) in [6.07, 6.45) is 6.17. The molecule has 0 saturated heterocycles. The van der Waals surface area contributed by atoms with Gasteiger partial charge in [-0.2, -0.15) is 0 Å². The molecule has 3 unspecified atom stereocenters. The second-order valence-corrected chi connectivity index (χ2v) is 5.97. The van der Waals surface area contributed by atoms with Crippen LogP contribution in [0.4, 0.5) is 11.5 Å². The van der Waals surface area contributed by atoms with Crippen molar-refractivity contribution in [3.63, 3.8) is 0 Å². The number of hydrogen-bond acceptors (Lipinski definition) is 5. The summed E-state index contributed by atoms with van der Waals surface area (Å²) in [5, 5.41) is 23.0. The van der Waals surface area contributed by atoms with E-state index in [9.17, 15) is 14.9 Å². The van der Waals surface area contributed by atoms with E-state index in [0.29, 0.717) is 12.5 Å². The first-order chi connectivity index (χ1) is 10.0. The van der Waals surface area contributed by atoms with Crippen LogP contribution in [0, 0.1) is 27.9 Å². The zero-order chi connectivity index (χ0) is 15.0. The Labute approximate surface area is 121 Å². The first-order valence-corrected chi connectivity index (χ1v) is 7.16. The monoisotopic (exact) mass is 291 g/mol. The number of pyridine rings is 1.